The Balaban J connectivity index is 1.50. The van der Waals surface area contributed by atoms with Gasteiger partial charge < -0.3 is 24.7 Å². The highest BCUT2D eigenvalue weighted by Crippen LogP contribution is 2.34. The Labute approximate surface area is 217 Å². The molecule has 10 heteroatoms. The number of benzene rings is 2. The van der Waals surface area contributed by atoms with E-state index in [0.29, 0.717) is 12.2 Å². The first-order chi connectivity index (χ1) is 17.8. The Morgan fingerprint density at radius 1 is 1.11 bits per heavy atom. The maximum absolute atomic E-state index is 13.2. The van der Waals surface area contributed by atoms with Crippen LogP contribution in [0.1, 0.15) is 42.6 Å². The highest BCUT2D eigenvalue weighted by Gasteiger charge is 2.35. The maximum atomic E-state index is 13.2. The highest BCUT2D eigenvalue weighted by atomic mass is 16.6. The number of rotatable bonds is 9. The molecule has 2 unspecified atom stereocenters. The SMILES string of the molecule is CO[NH2+]c1cc(C(=O)N(CC(C)O)CC(C)O)ccc1N1CCC(N2C(=O)OCc3ccccc32)CC1. The van der Waals surface area contributed by atoms with Gasteiger partial charge in [0.05, 0.1) is 25.0 Å². The van der Waals surface area contributed by atoms with Crippen LogP contribution in [0.2, 0.25) is 0 Å². The summed E-state index contributed by atoms with van der Waals surface area (Å²) in [6, 6.07) is 13.4. The van der Waals surface area contributed by atoms with Crippen LogP contribution in [-0.4, -0.2) is 78.7 Å². The van der Waals surface area contributed by atoms with Gasteiger partial charge in [-0.1, -0.05) is 18.2 Å². The standard InChI is InChI=1S/C27H36N4O6/c1-18(32)15-30(16-19(2)33)26(34)20-8-9-25(23(14-20)28-36-3)29-12-10-22(11-13-29)31-24-7-5-4-6-21(24)17-37-27(31)35/h4-9,14,18-19,22,28,32-33H,10-13,15-17H2,1-3H3/p+1. The summed E-state index contributed by atoms with van der Waals surface area (Å²) in [5.41, 5.74) is 5.72. The number of anilines is 2. The molecule has 2 aliphatic heterocycles. The van der Waals surface area contributed by atoms with Crippen LogP contribution in [0.5, 0.6) is 0 Å². The van der Waals surface area contributed by atoms with Crippen LogP contribution in [0, 0.1) is 0 Å². The minimum Gasteiger partial charge on any atom is -0.444 e. The lowest BCUT2D eigenvalue weighted by Gasteiger charge is -2.40. The summed E-state index contributed by atoms with van der Waals surface area (Å²) in [6.07, 6.45) is -0.178. The van der Waals surface area contributed by atoms with E-state index in [2.05, 4.69) is 4.90 Å². The van der Waals surface area contributed by atoms with Crippen molar-refractivity contribution in [2.24, 2.45) is 0 Å². The number of carbonyl (C=O) groups is 2. The molecule has 200 valence electrons. The summed E-state index contributed by atoms with van der Waals surface area (Å²) in [4.78, 5) is 36.6. The normalized spacial score (nSPS) is 17.7. The van der Waals surface area contributed by atoms with Crippen molar-refractivity contribution >= 4 is 29.1 Å². The molecule has 2 aromatic carbocycles. The first-order valence-electron chi connectivity index (χ1n) is 12.7. The monoisotopic (exact) mass is 513 g/mol. The number of carbonyl (C=O) groups excluding carboxylic acids is 2. The first-order valence-corrected chi connectivity index (χ1v) is 12.7. The highest BCUT2D eigenvalue weighted by molar-refractivity contribution is 5.96. The number of quaternary nitrogens is 1. The number of nitrogens with zero attached hydrogens (tertiary/aromatic N) is 3. The van der Waals surface area contributed by atoms with Crippen molar-refractivity contribution in [3.63, 3.8) is 0 Å². The van der Waals surface area contributed by atoms with E-state index in [9.17, 15) is 19.8 Å². The molecular weight excluding hydrogens is 476 g/mol. The quantitative estimate of drug-likeness (QED) is 0.345. The molecule has 2 amide bonds. The molecule has 37 heavy (non-hydrogen) atoms. The van der Waals surface area contributed by atoms with Crippen molar-refractivity contribution in [3.8, 4) is 0 Å². The van der Waals surface area contributed by atoms with Gasteiger partial charge >= 0.3 is 6.09 Å². The lowest BCUT2D eigenvalue weighted by molar-refractivity contribution is -0.829. The topological polar surface area (TPSA) is 119 Å². The second-order valence-electron chi connectivity index (χ2n) is 9.81. The van der Waals surface area contributed by atoms with Gasteiger partial charge in [-0.25, -0.2) is 9.63 Å². The van der Waals surface area contributed by atoms with E-state index in [1.807, 2.05) is 30.3 Å². The molecule has 0 bridgehead atoms. The number of hydrogen-bond acceptors (Lipinski definition) is 7. The van der Waals surface area contributed by atoms with Crippen molar-refractivity contribution in [2.45, 2.75) is 51.5 Å². The molecule has 4 N–H and O–H groups in total. The fraction of sp³-hybridized carbons (Fsp3) is 0.481. The second kappa shape index (κ2) is 11.9. The molecule has 4 rings (SSSR count). The van der Waals surface area contributed by atoms with Crippen LogP contribution in [0.4, 0.5) is 21.9 Å². The van der Waals surface area contributed by atoms with Crippen LogP contribution in [0.25, 0.3) is 0 Å². The smallest absolute Gasteiger partial charge is 0.414 e. The van der Waals surface area contributed by atoms with Gasteiger partial charge in [0.2, 0.25) is 0 Å². The van der Waals surface area contributed by atoms with E-state index in [0.717, 1.165) is 48.6 Å². The second-order valence-corrected chi connectivity index (χ2v) is 9.81. The molecule has 1 saturated heterocycles. The van der Waals surface area contributed by atoms with Crippen molar-refractivity contribution in [3.05, 3.63) is 53.6 Å². The van der Waals surface area contributed by atoms with Crippen molar-refractivity contribution in [2.75, 3.05) is 43.1 Å². The third-order valence-corrected chi connectivity index (χ3v) is 6.75. The van der Waals surface area contributed by atoms with E-state index in [1.165, 1.54) is 4.90 Å². The van der Waals surface area contributed by atoms with Crippen LogP contribution in [-0.2, 0) is 16.2 Å². The minimum absolute atomic E-state index is 0.0374. The lowest BCUT2D eigenvalue weighted by atomic mass is 9.99. The molecule has 0 aromatic heterocycles. The Bertz CT molecular complexity index is 1090. The van der Waals surface area contributed by atoms with E-state index >= 15 is 0 Å². The first kappa shape index (κ1) is 26.9. The zero-order valence-electron chi connectivity index (χ0n) is 21.7. The van der Waals surface area contributed by atoms with E-state index in [1.54, 1.807) is 43.5 Å². The zero-order chi connectivity index (χ0) is 26.5. The Kier molecular flexibility index (Phi) is 8.65. The molecule has 10 nitrogen and oxygen atoms in total. The summed E-state index contributed by atoms with van der Waals surface area (Å²) in [5.74, 6) is -0.264. The molecule has 2 heterocycles. The molecule has 0 spiro atoms. The number of para-hydroxylation sites is 1. The minimum atomic E-state index is -0.711. The predicted octanol–water partition coefficient (Wildman–Crippen LogP) is 1.77. The average molecular weight is 514 g/mol. The molecule has 2 atom stereocenters. The number of nitrogens with two attached hydrogens (primary N) is 1. The number of amides is 2. The number of cyclic esters (lactones) is 1. The summed E-state index contributed by atoms with van der Waals surface area (Å²) >= 11 is 0. The van der Waals surface area contributed by atoms with Crippen molar-refractivity contribution < 1.29 is 34.9 Å². The molecule has 0 aliphatic carbocycles. The fourth-order valence-electron chi connectivity index (χ4n) is 5.14. The maximum Gasteiger partial charge on any atom is 0.414 e. The number of aliphatic hydroxyl groups excluding tert-OH is 2. The van der Waals surface area contributed by atoms with Gasteiger partial charge in [-0.3, -0.25) is 9.69 Å². The number of fused-ring (bicyclic) bond motifs is 1. The number of ether oxygens (including phenoxy) is 1. The van der Waals surface area contributed by atoms with Crippen LogP contribution in [0.15, 0.2) is 42.5 Å². The summed E-state index contributed by atoms with van der Waals surface area (Å²) in [6.45, 7) is 5.24. The molecule has 2 aliphatic rings. The predicted molar refractivity (Wildman–Crippen MR) is 139 cm³/mol. The van der Waals surface area contributed by atoms with Crippen LogP contribution < -0.4 is 15.3 Å². The van der Waals surface area contributed by atoms with E-state index in [4.69, 9.17) is 9.57 Å². The van der Waals surface area contributed by atoms with Gasteiger partial charge in [-0.2, -0.15) is 5.48 Å². The van der Waals surface area contributed by atoms with E-state index < -0.39 is 12.2 Å². The van der Waals surface area contributed by atoms with Gasteiger partial charge in [0.25, 0.3) is 5.91 Å². The third-order valence-electron chi connectivity index (χ3n) is 6.75. The Hall–Kier alpha value is -3.18. The molecule has 0 radical (unpaired) electrons. The van der Waals surface area contributed by atoms with Crippen molar-refractivity contribution in [1.29, 1.82) is 0 Å². The van der Waals surface area contributed by atoms with Crippen molar-refractivity contribution in [1.82, 2.24) is 4.90 Å². The number of aliphatic hydroxyl groups is 2. The van der Waals surface area contributed by atoms with Gasteiger partial charge in [0.1, 0.15) is 12.3 Å². The summed E-state index contributed by atoms with van der Waals surface area (Å²) in [5, 5.41) is 19.7. The summed E-state index contributed by atoms with van der Waals surface area (Å²) < 4.78 is 5.42. The molecular formula is C27H37N4O6+. The van der Waals surface area contributed by atoms with Gasteiger partial charge in [0.15, 0.2) is 5.69 Å². The van der Waals surface area contributed by atoms with Gasteiger partial charge in [-0.15, -0.1) is 0 Å². The average Bonchev–Trinajstić information content (AvgIpc) is 2.88. The number of piperidine rings is 1. The van der Waals surface area contributed by atoms with Gasteiger partial charge in [-0.05, 0) is 44.9 Å². The molecule has 1 fully saturated rings. The third kappa shape index (κ3) is 6.22. The Morgan fingerprint density at radius 3 is 2.43 bits per heavy atom. The number of hydrogen-bond donors (Lipinski definition) is 3. The fourth-order valence-corrected chi connectivity index (χ4v) is 5.14. The largest absolute Gasteiger partial charge is 0.444 e. The molecule has 2 aromatic rings. The van der Waals surface area contributed by atoms with Crippen LogP contribution in [0.3, 0.4) is 0 Å². The zero-order valence-corrected chi connectivity index (χ0v) is 21.7. The van der Waals surface area contributed by atoms with Crippen LogP contribution >= 0.6 is 0 Å². The Morgan fingerprint density at radius 2 is 1.78 bits per heavy atom. The molecule has 0 saturated carbocycles. The van der Waals surface area contributed by atoms with E-state index in [-0.39, 0.29) is 31.1 Å². The summed E-state index contributed by atoms with van der Waals surface area (Å²) in [7, 11) is 1.57. The van der Waals surface area contributed by atoms with Gasteiger partial charge in [0, 0.05) is 49.4 Å². The lowest BCUT2D eigenvalue weighted by Crippen LogP contribution is -2.76.